The van der Waals surface area contributed by atoms with Gasteiger partial charge in [0, 0.05) is 11.2 Å². The highest BCUT2D eigenvalue weighted by atomic mass is 35.5. The summed E-state index contributed by atoms with van der Waals surface area (Å²) >= 11 is 6.16. The van der Waals surface area contributed by atoms with Crippen molar-refractivity contribution in [3.05, 3.63) is 88.8 Å². The number of aryl methyl sites for hydroxylation is 2. The summed E-state index contributed by atoms with van der Waals surface area (Å²) in [4.78, 5) is 0.0910. The lowest BCUT2D eigenvalue weighted by Gasteiger charge is -2.25. The number of halogens is 1. The fourth-order valence-corrected chi connectivity index (χ4v) is 5.00. The Morgan fingerprint density at radius 3 is 2.55 bits per heavy atom. The molecule has 2 heterocycles. The van der Waals surface area contributed by atoms with Crippen LogP contribution in [0.15, 0.2) is 71.8 Å². The lowest BCUT2D eigenvalue weighted by atomic mass is 10.1. The highest BCUT2D eigenvalue weighted by Gasteiger charge is 2.29. The average molecular weight is 427 g/mol. The summed E-state index contributed by atoms with van der Waals surface area (Å²) in [6.45, 7) is 3.91. The SMILES string of the molecule is Cc1cccc(CN(c2cccc(Cl)c2)S(=O)(=O)c2cccn3c(C)nnc23)c1. The molecule has 4 aromatic rings. The number of hydrogen-bond acceptors (Lipinski definition) is 4. The van der Waals surface area contributed by atoms with Gasteiger partial charge in [-0.15, -0.1) is 10.2 Å². The van der Waals surface area contributed by atoms with Gasteiger partial charge in [-0.3, -0.25) is 8.71 Å². The molecule has 0 radical (unpaired) electrons. The maximum atomic E-state index is 13.8. The van der Waals surface area contributed by atoms with Gasteiger partial charge in [0.15, 0.2) is 5.65 Å². The third kappa shape index (κ3) is 3.71. The van der Waals surface area contributed by atoms with E-state index in [-0.39, 0.29) is 11.4 Å². The Balaban J connectivity index is 1.89. The lowest BCUT2D eigenvalue weighted by molar-refractivity contribution is 0.590. The van der Waals surface area contributed by atoms with Crippen LogP contribution in [0.3, 0.4) is 0 Å². The van der Waals surface area contributed by atoms with Crippen LogP contribution in [0, 0.1) is 13.8 Å². The van der Waals surface area contributed by atoms with Gasteiger partial charge >= 0.3 is 0 Å². The summed E-state index contributed by atoms with van der Waals surface area (Å²) in [7, 11) is -3.94. The molecule has 0 amide bonds. The number of nitrogens with zero attached hydrogens (tertiary/aromatic N) is 4. The number of hydrogen-bond donors (Lipinski definition) is 0. The van der Waals surface area contributed by atoms with Crippen molar-refractivity contribution in [2.45, 2.75) is 25.3 Å². The van der Waals surface area contributed by atoms with Crippen LogP contribution in [0.2, 0.25) is 5.02 Å². The van der Waals surface area contributed by atoms with Gasteiger partial charge in [0.1, 0.15) is 10.7 Å². The molecule has 2 aromatic carbocycles. The van der Waals surface area contributed by atoms with E-state index in [2.05, 4.69) is 10.2 Å². The smallest absolute Gasteiger partial charge is 0.268 e. The van der Waals surface area contributed by atoms with Crippen LogP contribution in [0.5, 0.6) is 0 Å². The minimum Gasteiger partial charge on any atom is -0.286 e. The van der Waals surface area contributed by atoms with E-state index in [0.717, 1.165) is 11.1 Å². The first kappa shape index (κ1) is 19.4. The molecular weight excluding hydrogens is 408 g/mol. The van der Waals surface area contributed by atoms with E-state index in [4.69, 9.17) is 11.6 Å². The van der Waals surface area contributed by atoms with Gasteiger partial charge in [0.2, 0.25) is 0 Å². The Kier molecular flexibility index (Phi) is 5.02. The van der Waals surface area contributed by atoms with Crippen LogP contribution in [-0.4, -0.2) is 23.0 Å². The molecule has 4 rings (SSSR count). The largest absolute Gasteiger partial charge is 0.286 e. The van der Waals surface area contributed by atoms with Crippen molar-refractivity contribution in [2.24, 2.45) is 0 Å². The zero-order valence-electron chi connectivity index (χ0n) is 15.9. The fraction of sp³-hybridized carbons (Fsp3) is 0.143. The molecule has 0 aliphatic rings. The molecule has 0 aliphatic heterocycles. The standard InChI is InChI=1S/C21H19ClN4O2S/c1-15-6-3-7-17(12-15)14-26(19-9-4-8-18(22)13-19)29(27,28)20-10-5-11-25-16(2)23-24-21(20)25/h3-13H,14H2,1-2H3. The quantitative estimate of drug-likeness (QED) is 0.474. The zero-order valence-corrected chi connectivity index (χ0v) is 17.5. The number of benzene rings is 2. The summed E-state index contributed by atoms with van der Waals surface area (Å²) in [5, 5.41) is 8.56. The highest BCUT2D eigenvalue weighted by Crippen LogP contribution is 2.29. The zero-order chi connectivity index (χ0) is 20.6. The molecule has 0 spiro atoms. The second-order valence-corrected chi connectivity index (χ2v) is 9.06. The van der Waals surface area contributed by atoms with Gasteiger partial charge < -0.3 is 0 Å². The average Bonchev–Trinajstić information content (AvgIpc) is 3.07. The maximum Gasteiger partial charge on any atom is 0.268 e. The van der Waals surface area contributed by atoms with Crippen LogP contribution in [0.1, 0.15) is 17.0 Å². The first-order valence-corrected chi connectivity index (χ1v) is 10.8. The first-order valence-electron chi connectivity index (χ1n) is 9.00. The number of rotatable bonds is 5. The van der Waals surface area contributed by atoms with Crippen molar-refractivity contribution in [3.63, 3.8) is 0 Å². The minimum atomic E-state index is -3.94. The van der Waals surface area contributed by atoms with E-state index in [1.54, 1.807) is 53.9 Å². The Hall–Kier alpha value is -2.90. The second kappa shape index (κ2) is 7.50. The van der Waals surface area contributed by atoms with Crippen molar-refractivity contribution in [1.29, 1.82) is 0 Å². The second-order valence-electron chi connectivity index (χ2n) is 6.79. The number of fused-ring (bicyclic) bond motifs is 1. The fourth-order valence-electron chi connectivity index (χ4n) is 3.25. The molecular formula is C21H19ClN4O2S. The molecule has 6 nitrogen and oxygen atoms in total. The van der Waals surface area contributed by atoms with Crippen LogP contribution >= 0.6 is 11.6 Å². The summed E-state index contributed by atoms with van der Waals surface area (Å²) in [5.74, 6) is 0.616. The summed E-state index contributed by atoms with van der Waals surface area (Å²) < 4.78 is 30.5. The molecule has 0 unspecified atom stereocenters. The van der Waals surface area contributed by atoms with E-state index in [1.165, 1.54) is 4.31 Å². The van der Waals surface area contributed by atoms with Gasteiger partial charge in [0.05, 0.1) is 12.2 Å². The first-order chi connectivity index (χ1) is 13.9. The number of pyridine rings is 1. The van der Waals surface area contributed by atoms with Crippen LogP contribution in [0.4, 0.5) is 5.69 Å². The predicted molar refractivity (Wildman–Crippen MR) is 114 cm³/mol. The maximum absolute atomic E-state index is 13.8. The monoisotopic (exact) mass is 426 g/mol. The van der Waals surface area contributed by atoms with Crippen molar-refractivity contribution < 1.29 is 8.42 Å². The summed E-state index contributed by atoms with van der Waals surface area (Å²) in [5.41, 5.74) is 2.71. The topological polar surface area (TPSA) is 67.6 Å². The van der Waals surface area contributed by atoms with Gasteiger partial charge in [-0.05, 0) is 49.7 Å². The Morgan fingerprint density at radius 1 is 1.00 bits per heavy atom. The van der Waals surface area contributed by atoms with E-state index in [9.17, 15) is 8.42 Å². The number of sulfonamides is 1. The molecule has 0 saturated heterocycles. The molecule has 29 heavy (non-hydrogen) atoms. The molecule has 8 heteroatoms. The molecule has 0 aliphatic carbocycles. The van der Waals surface area contributed by atoms with Gasteiger partial charge in [-0.2, -0.15) is 0 Å². The third-order valence-electron chi connectivity index (χ3n) is 4.64. The van der Waals surface area contributed by atoms with Crippen LogP contribution in [-0.2, 0) is 16.6 Å². The van der Waals surface area contributed by atoms with Crippen LogP contribution < -0.4 is 4.31 Å². The lowest BCUT2D eigenvalue weighted by Crippen LogP contribution is -2.31. The third-order valence-corrected chi connectivity index (χ3v) is 6.67. The minimum absolute atomic E-state index is 0.0910. The van der Waals surface area contributed by atoms with Crippen molar-refractivity contribution in [3.8, 4) is 0 Å². The predicted octanol–water partition coefficient (Wildman–Crippen LogP) is 4.40. The molecule has 0 N–H and O–H groups in total. The van der Waals surface area contributed by atoms with Gasteiger partial charge in [0.25, 0.3) is 10.0 Å². The van der Waals surface area contributed by atoms with Crippen molar-refractivity contribution in [1.82, 2.24) is 14.6 Å². The molecule has 0 bridgehead atoms. The highest BCUT2D eigenvalue weighted by molar-refractivity contribution is 7.93. The Morgan fingerprint density at radius 2 is 1.79 bits per heavy atom. The molecule has 0 saturated carbocycles. The summed E-state index contributed by atoms with van der Waals surface area (Å²) in [6, 6.07) is 17.8. The Bertz CT molecular complexity index is 1300. The van der Waals surface area contributed by atoms with Crippen LogP contribution in [0.25, 0.3) is 5.65 Å². The molecule has 0 fully saturated rings. The Labute approximate surface area is 174 Å². The number of anilines is 1. The van der Waals surface area contributed by atoms with Crippen molar-refractivity contribution >= 4 is 33.0 Å². The normalized spacial score (nSPS) is 11.7. The van der Waals surface area contributed by atoms with E-state index < -0.39 is 10.0 Å². The van der Waals surface area contributed by atoms with Gasteiger partial charge in [-0.25, -0.2) is 8.42 Å². The molecule has 0 atom stereocenters. The van der Waals surface area contributed by atoms with E-state index in [0.29, 0.717) is 22.2 Å². The summed E-state index contributed by atoms with van der Waals surface area (Å²) in [6.07, 6.45) is 1.74. The van der Waals surface area contributed by atoms with E-state index >= 15 is 0 Å². The van der Waals surface area contributed by atoms with Gasteiger partial charge in [-0.1, -0.05) is 47.5 Å². The number of aromatic nitrogens is 3. The molecule has 148 valence electrons. The van der Waals surface area contributed by atoms with E-state index in [1.807, 2.05) is 31.2 Å². The van der Waals surface area contributed by atoms with Crippen molar-refractivity contribution in [2.75, 3.05) is 4.31 Å². The molecule has 2 aromatic heterocycles.